The number of benzene rings is 5. The minimum absolute atomic E-state index is 0.293. The fraction of sp³-hybridized carbons (Fsp3) is 0.0488. The zero-order valence-corrected chi connectivity index (χ0v) is 26.7. The van der Waals surface area contributed by atoms with Crippen molar-refractivity contribution in [2.24, 2.45) is 0 Å². The lowest BCUT2D eigenvalue weighted by atomic mass is 10.0. The summed E-state index contributed by atoms with van der Waals surface area (Å²) in [5, 5.41) is 34.3. The van der Waals surface area contributed by atoms with E-state index in [-0.39, 0.29) is 0 Å². The maximum atomic E-state index is 11.1. The summed E-state index contributed by atoms with van der Waals surface area (Å²) in [7, 11) is 0. The fourth-order valence-corrected chi connectivity index (χ4v) is 6.87. The van der Waals surface area contributed by atoms with Crippen molar-refractivity contribution in [1.82, 2.24) is 19.1 Å². The number of aromatic nitrogens is 4. The molecule has 3 heterocycles. The van der Waals surface area contributed by atoms with E-state index < -0.39 is 0 Å². The number of fused-ring (bicyclic) bond motifs is 6. The van der Waals surface area contributed by atoms with Gasteiger partial charge < -0.3 is 9.13 Å². The molecule has 0 bridgehead atoms. The zero-order chi connectivity index (χ0) is 34.7. The standard InChI is InChI=1S/C41H21N9/c1-23-13-24(2)48-41(47-23)27-16-37(49-35-14-25(20-42)5-9-30(35)32-11-7-28(45-3)18-39(32)49)34(22-44)38(17-27)50-36-15-26(21-43)6-10-31(36)33-12-8-29(46-4)19-40(33)50/h5-19H,1-2H3. The average molecular weight is 640 g/mol. The van der Waals surface area contributed by atoms with Crippen LogP contribution in [0.25, 0.3) is 76.1 Å². The van der Waals surface area contributed by atoms with Crippen LogP contribution in [-0.4, -0.2) is 19.1 Å². The van der Waals surface area contributed by atoms with Gasteiger partial charge in [-0.1, -0.05) is 36.4 Å². The summed E-state index contributed by atoms with van der Waals surface area (Å²) in [6.45, 7) is 19.3. The van der Waals surface area contributed by atoms with E-state index in [4.69, 9.17) is 23.1 Å². The predicted molar refractivity (Wildman–Crippen MR) is 192 cm³/mol. The highest BCUT2D eigenvalue weighted by Crippen LogP contribution is 2.41. The molecular formula is C41H21N9. The van der Waals surface area contributed by atoms with Gasteiger partial charge in [0.25, 0.3) is 0 Å². The Morgan fingerprint density at radius 2 is 0.960 bits per heavy atom. The maximum Gasteiger partial charge on any atom is 0.189 e. The molecule has 0 aliphatic carbocycles. The van der Waals surface area contributed by atoms with Gasteiger partial charge in [-0.05, 0) is 68.4 Å². The number of hydrogen-bond acceptors (Lipinski definition) is 5. The van der Waals surface area contributed by atoms with Gasteiger partial charge in [-0.2, -0.15) is 15.8 Å². The molecule has 0 aliphatic heterocycles. The largest absolute Gasteiger partial charge is 0.309 e. The van der Waals surface area contributed by atoms with Gasteiger partial charge in [0.1, 0.15) is 11.6 Å². The third kappa shape index (κ3) is 4.43. The van der Waals surface area contributed by atoms with Gasteiger partial charge >= 0.3 is 0 Å². The lowest BCUT2D eigenvalue weighted by Crippen LogP contribution is -2.06. The van der Waals surface area contributed by atoms with Crippen molar-refractivity contribution in [3.8, 4) is 41.0 Å². The van der Waals surface area contributed by atoms with Gasteiger partial charge in [0.2, 0.25) is 0 Å². The van der Waals surface area contributed by atoms with Crippen LogP contribution in [0.3, 0.4) is 0 Å². The maximum absolute atomic E-state index is 11.1. The van der Waals surface area contributed by atoms with Crippen LogP contribution in [0.15, 0.2) is 91.0 Å². The van der Waals surface area contributed by atoms with Crippen molar-refractivity contribution < 1.29 is 0 Å². The molecule has 0 fully saturated rings. The van der Waals surface area contributed by atoms with Gasteiger partial charge in [0, 0.05) is 49.5 Å². The molecular weight excluding hydrogens is 619 g/mol. The van der Waals surface area contributed by atoms with Crippen LogP contribution >= 0.6 is 0 Å². The second-order valence-corrected chi connectivity index (χ2v) is 12.0. The summed E-state index contributed by atoms with van der Waals surface area (Å²) in [4.78, 5) is 17.0. The number of aryl methyl sites for hydroxylation is 2. The summed E-state index contributed by atoms with van der Waals surface area (Å²) < 4.78 is 3.85. The average Bonchev–Trinajstić information content (AvgIpc) is 3.64. The molecule has 0 radical (unpaired) electrons. The molecule has 0 aliphatic rings. The molecule has 9 heteroatoms. The molecule has 50 heavy (non-hydrogen) atoms. The third-order valence-electron chi connectivity index (χ3n) is 8.95. The van der Waals surface area contributed by atoms with E-state index >= 15 is 0 Å². The van der Waals surface area contributed by atoms with Crippen molar-refractivity contribution >= 4 is 55.0 Å². The molecule has 8 rings (SSSR count). The number of hydrogen-bond donors (Lipinski definition) is 0. The van der Waals surface area contributed by atoms with Crippen LogP contribution in [0.5, 0.6) is 0 Å². The summed E-state index contributed by atoms with van der Waals surface area (Å²) in [6, 6.07) is 34.3. The molecule has 9 nitrogen and oxygen atoms in total. The molecule has 0 atom stereocenters. The first kappa shape index (κ1) is 29.6. The molecule has 0 saturated heterocycles. The molecule has 3 aromatic heterocycles. The lowest BCUT2D eigenvalue weighted by molar-refractivity contribution is 1.05. The molecule has 230 valence electrons. The van der Waals surface area contributed by atoms with Crippen LogP contribution in [0.1, 0.15) is 28.1 Å². The smallest absolute Gasteiger partial charge is 0.189 e. The zero-order valence-electron chi connectivity index (χ0n) is 26.7. The molecule has 0 N–H and O–H groups in total. The number of nitrogens with zero attached hydrogens (tertiary/aromatic N) is 9. The van der Waals surface area contributed by atoms with Crippen molar-refractivity contribution in [3.63, 3.8) is 0 Å². The second-order valence-electron chi connectivity index (χ2n) is 12.0. The molecule has 0 amide bonds. The quantitative estimate of drug-likeness (QED) is 0.179. The number of nitriles is 3. The van der Waals surface area contributed by atoms with Crippen LogP contribution in [-0.2, 0) is 0 Å². The highest BCUT2D eigenvalue weighted by atomic mass is 15.0. The van der Waals surface area contributed by atoms with E-state index in [1.165, 1.54) is 0 Å². The minimum atomic E-state index is 0.293. The Morgan fingerprint density at radius 3 is 1.36 bits per heavy atom. The Morgan fingerprint density at radius 1 is 0.540 bits per heavy atom. The molecule has 0 spiro atoms. The summed E-state index contributed by atoms with van der Waals surface area (Å²) in [6.07, 6.45) is 0. The summed E-state index contributed by atoms with van der Waals surface area (Å²) in [5.41, 5.74) is 7.93. The highest BCUT2D eigenvalue weighted by Gasteiger charge is 2.24. The molecule has 0 unspecified atom stereocenters. The molecule has 5 aromatic carbocycles. The van der Waals surface area contributed by atoms with E-state index in [0.29, 0.717) is 72.9 Å². The van der Waals surface area contributed by atoms with Gasteiger partial charge in [-0.15, -0.1) is 0 Å². The first-order chi connectivity index (χ1) is 24.3. The summed E-state index contributed by atoms with van der Waals surface area (Å²) >= 11 is 0. The normalized spacial score (nSPS) is 10.9. The summed E-state index contributed by atoms with van der Waals surface area (Å²) in [5.74, 6) is 0.454. The van der Waals surface area contributed by atoms with Gasteiger partial charge in [-0.25, -0.2) is 19.7 Å². The fourth-order valence-electron chi connectivity index (χ4n) is 6.87. The van der Waals surface area contributed by atoms with E-state index in [9.17, 15) is 15.8 Å². The number of rotatable bonds is 3. The van der Waals surface area contributed by atoms with E-state index in [2.05, 4.69) is 27.9 Å². The molecule has 8 aromatic rings. The Balaban J connectivity index is 1.61. The lowest BCUT2D eigenvalue weighted by Gasteiger charge is -2.18. The van der Waals surface area contributed by atoms with Gasteiger partial charge in [-0.3, -0.25) is 0 Å². The highest BCUT2D eigenvalue weighted by molar-refractivity contribution is 6.12. The Kier molecular flexibility index (Phi) is 6.63. The third-order valence-corrected chi connectivity index (χ3v) is 8.95. The first-order valence-corrected chi connectivity index (χ1v) is 15.5. The second kappa shape index (κ2) is 11.2. The van der Waals surface area contributed by atoms with Crippen molar-refractivity contribution in [1.29, 1.82) is 15.8 Å². The van der Waals surface area contributed by atoms with Crippen LogP contribution in [0.4, 0.5) is 11.4 Å². The van der Waals surface area contributed by atoms with E-state index in [0.717, 1.165) is 32.9 Å². The van der Waals surface area contributed by atoms with Gasteiger partial charge in [0.05, 0.1) is 58.8 Å². The van der Waals surface area contributed by atoms with Crippen LogP contribution < -0.4 is 0 Å². The SMILES string of the molecule is [C-]#[N+]c1ccc2c3ccc(C#N)cc3n(-c3cc(-c4nc(C)cc(C)n4)cc(-n4c5cc(C#N)ccc5c5ccc([N+]#[C-])cc54)c3C#N)c2c1. The van der Waals surface area contributed by atoms with E-state index in [1.807, 2.05) is 65.4 Å². The monoisotopic (exact) mass is 639 g/mol. The topological polar surface area (TPSA) is 116 Å². The van der Waals surface area contributed by atoms with Crippen molar-refractivity contribution in [2.45, 2.75) is 13.8 Å². The van der Waals surface area contributed by atoms with Crippen molar-refractivity contribution in [3.05, 3.63) is 142 Å². The minimum Gasteiger partial charge on any atom is -0.309 e. The van der Waals surface area contributed by atoms with E-state index in [1.54, 1.807) is 48.5 Å². The van der Waals surface area contributed by atoms with Gasteiger partial charge in [0.15, 0.2) is 17.2 Å². The Hall–Kier alpha value is -7.77. The predicted octanol–water partition coefficient (Wildman–Crippen LogP) is 9.67. The Labute approximate surface area is 286 Å². The van der Waals surface area contributed by atoms with Crippen molar-refractivity contribution in [2.75, 3.05) is 0 Å². The first-order valence-electron chi connectivity index (χ1n) is 15.5. The van der Waals surface area contributed by atoms with Crippen LogP contribution in [0.2, 0.25) is 0 Å². The van der Waals surface area contributed by atoms with Crippen LogP contribution in [0, 0.1) is 61.0 Å². The molecule has 0 saturated carbocycles. The Bertz CT molecular complexity index is 2680.